The maximum Gasteiger partial charge on any atom is 0.151 e. The monoisotopic (exact) mass is 420 g/mol. The van der Waals surface area contributed by atoms with E-state index in [4.69, 9.17) is 21.6 Å². The van der Waals surface area contributed by atoms with Crippen molar-refractivity contribution in [2.45, 2.75) is 47.5 Å². The van der Waals surface area contributed by atoms with Gasteiger partial charge in [-0.1, -0.05) is 43.6 Å². The number of rotatable bonds is 6. The number of anilines is 1. The number of benzene rings is 2. The summed E-state index contributed by atoms with van der Waals surface area (Å²) < 4.78 is 2.29. The minimum Gasteiger partial charge on any atom is -0.356 e. The third-order valence-electron chi connectivity index (χ3n) is 5.57. The fourth-order valence-corrected chi connectivity index (χ4v) is 4.84. The molecule has 0 aliphatic rings. The highest BCUT2D eigenvalue weighted by Crippen LogP contribution is 2.38. The van der Waals surface area contributed by atoms with Gasteiger partial charge in [0.1, 0.15) is 11.6 Å². The molecule has 0 aliphatic carbocycles. The van der Waals surface area contributed by atoms with Gasteiger partial charge < -0.3 is 4.90 Å². The number of nitrogens with zero attached hydrogens (tertiary/aromatic N) is 4. The molecule has 2 heterocycles. The van der Waals surface area contributed by atoms with Gasteiger partial charge in [-0.05, 0) is 62.9 Å². The van der Waals surface area contributed by atoms with Crippen molar-refractivity contribution in [2.24, 2.45) is 0 Å². The number of hydrogen-bond donors (Lipinski definition) is 0. The zero-order valence-electron chi connectivity index (χ0n) is 18.5. The summed E-state index contributed by atoms with van der Waals surface area (Å²) in [6.45, 7) is 12.6. The van der Waals surface area contributed by atoms with Crippen molar-refractivity contribution < 1.29 is 0 Å². The standard InChI is InChI=1S/C25H29ClN4/c1-6-12-29(13-7-2)24-22-20-10-8-9-11-21(20)30(25(22)28-18(5)27-24)23-16(3)14-19(26)15-17(23)4/h8-11,14-15H,6-7,12-13H2,1-5H3. The summed E-state index contributed by atoms with van der Waals surface area (Å²) in [6.07, 6.45) is 2.16. The van der Waals surface area contributed by atoms with Gasteiger partial charge in [0.05, 0.1) is 16.6 Å². The van der Waals surface area contributed by atoms with Gasteiger partial charge in [-0.25, -0.2) is 9.97 Å². The third kappa shape index (κ3) is 3.43. The average Bonchev–Trinajstić information content (AvgIpc) is 3.01. The smallest absolute Gasteiger partial charge is 0.151 e. The minimum absolute atomic E-state index is 0.762. The molecule has 0 radical (unpaired) electrons. The van der Waals surface area contributed by atoms with Crippen LogP contribution < -0.4 is 4.90 Å². The van der Waals surface area contributed by atoms with Gasteiger partial charge in [-0.15, -0.1) is 0 Å². The van der Waals surface area contributed by atoms with Crippen LogP contribution in [0.15, 0.2) is 36.4 Å². The molecule has 0 atom stereocenters. The maximum atomic E-state index is 6.34. The Balaban J connectivity index is 2.15. The average molecular weight is 421 g/mol. The van der Waals surface area contributed by atoms with Crippen LogP contribution in [0.3, 0.4) is 0 Å². The van der Waals surface area contributed by atoms with E-state index in [0.29, 0.717) is 0 Å². The summed E-state index contributed by atoms with van der Waals surface area (Å²) in [7, 11) is 0. The normalized spacial score (nSPS) is 11.5. The van der Waals surface area contributed by atoms with E-state index >= 15 is 0 Å². The molecule has 0 bridgehead atoms. The summed E-state index contributed by atoms with van der Waals surface area (Å²) in [5, 5.41) is 3.08. The van der Waals surface area contributed by atoms with Crippen molar-refractivity contribution in [1.29, 1.82) is 0 Å². The van der Waals surface area contributed by atoms with Crippen LogP contribution >= 0.6 is 11.6 Å². The Hall–Kier alpha value is -2.59. The van der Waals surface area contributed by atoms with Crippen LogP contribution in [-0.4, -0.2) is 27.6 Å². The lowest BCUT2D eigenvalue weighted by atomic mass is 10.1. The van der Waals surface area contributed by atoms with E-state index in [9.17, 15) is 0 Å². The number of aromatic nitrogens is 3. The Labute approximate surface area is 183 Å². The number of aryl methyl sites for hydroxylation is 3. The molecule has 0 N–H and O–H groups in total. The summed E-state index contributed by atoms with van der Waals surface area (Å²) in [4.78, 5) is 12.3. The molecule has 2 aromatic heterocycles. The predicted octanol–water partition coefficient (Wildman–Crippen LogP) is 6.78. The number of halogens is 1. The molecule has 4 nitrogen and oxygen atoms in total. The molecule has 0 spiro atoms. The van der Waals surface area contributed by atoms with Crippen LogP contribution in [0.4, 0.5) is 5.82 Å². The fraction of sp³-hybridized carbons (Fsp3) is 0.360. The second kappa shape index (κ2) is 8.27. The van der Waals surface area contributed by atoms with Crippen LogP contribution in [0.2, 0.25) is 5.02 Å². The Kier molecular flexibility index (Phi) is 5.70. The lowest BCUT2D eigenvalue weighted by Crippen LogP contribution is -2.26. The largest absolute Gasteiger partial charge is 0.356 e. The number of hydrogen-bond acceptors (Lipinski definition) is 3. The van der Waals surface area contributed by atoms with Gasteiger partial charge in [-0.3, -0.25) is 4.57 Å². The van der Waals surface area contributed by atoms with Crippen molar-refractivity contribution in [3.63, 3.8) is 0 Å². The maximum absolute atomic E-state index is 6.34. The van der Waals surface area contributed by atoms with Crippen molar-refractivity contribution in [1.82, 2.24) is 14.5 Å². The Morgan fingerprint density at radius 2 is 1.57 bits per heavy atom. The Morgan fingerprint density at radius 3 is 2.20 bits per heavy atom. The van der Waals surface area contributed by atoms with E-state index in [1.807, 2.05) is 19.1 Å². The molecule has 0 amide bonds. The molecule has 4 aromatic rings. The fourth-order valence-electron chi connectivity index (χ4n) is 4.51. The topological polar surface area (TPSA) is 34.0 Å². The second-order valence-electron chi connectivity index (χ2n) is 8.02. The van der Waals surface area contributed by atoms with E-state index in [1.54, 1.807) is 0 Å². The van der Waals surface area contributed by atoms with Crippen LogP contribution in [-0.2, 0) is 0 Å². The van der Waals surface area contributed by atoms with Crippen LogP contribution in [0, 0.1) is 20.8 Å². The zero-order valence-corrected chi connectivity index (χ0v) is 19.2. The highest BCUT2D eigenvalue weighted by atomic mass is 35.5. The highest BCUT2D eigenvalue weighted by Gasteiger charge is 2.22. The number of fused-ring (bicyclic) bond motifs is 3. The SMILES string of the molecule is CCCN(CCC)c1nc(C)nc2c1c1ccccc1n2-c1c(C)cc(Cl)cc1C. The summed E-state index contributed by atoms with van der Waals surface area (Å²) in [5.41, 5.74) is 5.53. The van der Waals surface area contributed by atoms with Crippen LogP contribution in [0.5, 0.6) is 0 Å². The molecular weight excluding hydrogens is 392 g/mol. The molecule has 2 aromatic carbocycles. The van der Waals surface area contributed by atoms with Crippen molar-refractivity contribution >= 4 is 39.4 Å². The molecule has 0 aliphatic heterocycles. The minimum atomic E-state index is 0.762. The first kappa shape index (κ1) is 20.7. The van der Waals surface area contributed by atoms with Gasteiger partial charge in [0.25, 0.3) is 0 Å². The van der Waals surface area contributed by atoms with Gasteiger partial charge in [-0.2, -0.15) is 0 Å². The summed E-state index contributed by atoms with van der Waals surface area (Å²) >= 11 is 6.34. The Bertz CT molecular complexity index is 1200. The first-order valence-corrected chi connectivity index (χ1v) is 11.1. The molecule has 5 heteroatoms. The van der Waals surface area contributed by atoms with E-state index in [-0.39, 0.29) is 0 Å². The quantitative estimate of drug-likeness (QED) is 0.344. The van der Waals surface area contributed by atoms with E-state index < -0.39 is 0 Å². The van der Waals surface area contributed by atoms with E-state index in [0.717, 1.165) is 76.0 Å². The zero-order chi connectivity index (χ0) is 21.4. The van der Waals surface area contributed by atoms with Crippen molar-refractivity contribution in [2.75, 3.05) is 18.0 Å². The van der Waals surface area contributed by atoms with Gasteiger partial charge in [0.2, 0.25) is 0 Å². The number of para-hydroxylation sites is 1. The van der Waals surface area contributed by atoms with Crippen molar-refractivity contribution in [3.8, 4) is 5.69 Å². The molecule has 156 valence electrons. The lowest BCUT2D eigenvalue weighted by Gasteiger charge is -2.24. The summed E-state index contributed by atoms with van der Waals surface area (Å²) in [5.74, 6) is 1.84. The summed E-state index contributed by atoms with van der Waals surface area (Å²) in [6, 6.07) is 12.6. The molecule has 4 rings (SSSR count). The molecular formula is C25H29ClN4. The molecule has 0 saturated heterocycles. The van der Waals surface area contributed by atoms with Gasteiger partial charge in [0, 0.05) is 23.5 Å². The second-order valence-corrected chi connectivity index (χ2v) is 8.46. The molecule has 0 fully saturated rings. The highest BCUT2D eigenvalue weighted by molar-refractivity contribution is 6.30. The van der Waals surface area contributed by atoms with Crippen LogP contribution in [0.25, 0.3) is 27.6 Å². The third-order valence-corrected chi connectivity index (χ3v) is 5.79. The molecule has 30 heavy (non-hydrogen) atoms. The first-order chi connectivity index (χ1) is 14.5. The van der Waals surface area contributed by atoms with Gasteiger partial charge >= 0.3 is 0 Å². The lowest BCUT2D eigenvalue weighted by molar-refractivity contribution is 0.734. The van der Waals surface area contributed by atoms with E-state index in [1.165, 1.54) is 5.39 Å². The van der Waals surface area contributed by atoms with Crippen molar-refractivity contribution in [3.05, 3.63) is 58.4 Å². The van der Waals surface area contributed by atoms with Crippen LogP contribution in [0.1, 0.15) is 43.6 Å². The predicted molar refractivity (Wildman–Crippen MR) is 128 cm³/mol. The first-order valence-electron chi connectivity index (χ1n) is 10.8. The van der Waals surface area contributed by atoms with Gasteiger partial charge in [0.15, 0.2) is 5.65 Å². The molecule has 0 unspecified atom stereocenters. The van der Waals surface area contributed by atoms with E-state index in [2.05, 4.69) is 61.4 Å². The molecule has 0 saturated carbocycles. The Morgan fingerprint density at radius 1 is 0.933 bits per heavy atom.